The first-order valence-corrected chi connectivity index (χ1v) is 9.18. The Hall–Kier alpha value is -2.59. The third-order valence-corrected chi connectivity index (χ3v) is 4.70. The molecule has 5 heteroatoms. The number of hydrogen-bond acceptors (Lipinski definition) is 2. The minimum Gasteiger partial charge on any atom is -0.346 e. The van der Waals surface area contributed by atoms with Gasteiger partial charge >= 0.3 is 0 Å². The lowest BCUT2D eigenvalue weighted by Gasteiger charge is -2.15. The normalized spacial score (nSPS) is 11.9. The third kappa shape index (κ3) is 4.52. The van der Waals surface area contributed by atoms with Crippen molar-refractivity contribution in [1.29, 1.82) is 0 Å². The molecule has 26 heavy (non-hydrogen) atoms. The summed E-state index contributed by atoms with van der Waals surface area (Å²) in [5.41, 5.74) is 3.01. The fourth-order valence-electron chi connectivity index (χ4n) is 2.86. The van der Waals surface area contributed by atoms with E-state index in [0.717, 1.165) is 29.1 Å². The van der Waals surface area contributed by atoms with Crippen LogP contribution in [0.2, 0.25) is 5.02 Å². The zero-order chi connectivity index (χ0) is 18.4. The third-order valence-electron chi connectivity index (χ3n) is 4.33. The van der Waals surface area contributed by atoms with Gasteiger partial charge in [-0.2, -0.15) is 0 Å². The monoisotopic (exact) mass is 367 g/mol. The van der Waals surface area contributed by atoms with E-state index in [0.29, 0.717) is 17.9 Å². The lowest BCUT2D eigenvalue weighted by molar-refractivity contribution is -0.121. The number of aromatic amines is 1. The molecule has 1 atom stereocenters. The number of nitrogens with one attached hydrogen (secondary N) is 2. The van der Waals surface area contributed by atoms with Crippen LogP contribution < -0.4 is 5.32 Å². The summed E-state index contributed by atoms with van der Waals surface area (Å²) in [7, 11) is 0. The maximum Gasteiger partial charge on any atom is 0.220 e. The van der Waals surface area contributed by atoms with Crippen LogP contribution in [-0.4, -0.2) is 15.9 Å². The van der Waals surface area contributed by atoms with Gasteiger partial charge in [0.05, 0.1) is 17.9 Å². The molecule has 3 aromatic rings. The molecule has 0 bridgehead atoms. The maximum absolute atomic E-state index is 12.4. The Morgan fingerprint density at radius 1 is 1.15 bits per heavy atom. The van der Waals surface area contributed by atoms with Crippen LogP contribution in [-0.2, 0) is 11.2 Å². The molecule has 2 N–H and O–H groups in total. The molecule has 0 aliphatic rings. The van der Waals surface area contributed by atoms with Crippen LogP contribution in [0.3, 0.4) is 0 Å². The first-order valence-electron chi connectivity index (χ1n) is 8.80. The van der Waals surface area contributed by atoms with Crippen LogP contribution in [0.25, 0.3) is 11.3 Å². The number of nitrogens with zero attached hydrogens (tertiary/aromatic N) is 1. The van der Waals surface area contributed by atoms with E-state index in [4.69, 9.17) is 11.6 Å². The van der Waals surface area contributed by atoms with Gasteiger partial charge in [0.15, 0.2) is 0 Å². The number of aryl methyl sites for hydroxylation is 1. The summed E-state index contributed by atoms with van der Waals surface area (Å²) in [5.74, 6) is 0.770. The summed E-state index contributed by atoms with van der Waals surface area (Å²) in [6.07, 6.45) is 3.59. The molecular formula is C21H22ClN3O. The number of aromatic nitrogens is 2. The van der Waals surface area contributed by atoms with Crippen molar-refractivity contribution in [2.75, 3.05) is 0 Å². The predicted octanol–water partition coefficient (Wildman–Crippen LogP) is 4.93. The molecule has 0 fully saturated rings. The zero-order valence-corrected chi connectivity index (χ0v) is 15.5. The van der Waals surface area contributed by atoms with Crippen molar-refractivity contribution in [3.05, 3.63) is 77.2 Å². The fraction of sp³-hybridized carbons (Fsp3) is 0.238. The molecule has 1 heterocycles. The van der Waals surface area contributed by atoms with Crippen molar-refractivity contribution in [2.45, 2.75) is 32.2 Å². The van der Waals surface area contributed by atoms with Crippen LogP contribution in [0.5, 0.6) is 0 Å². The number of amides is 1. The highest BCUT2D eigenvalue weighted by Gasteiger charge is 2.16. The van der Waals surface area contributed by atoms with Gasteiger partial charge in [-0.25, -0.2) is 4.98 Å². The number of carbonyl (C=O) groups excluding carboxylic acids is 1. The Morgan fingerprint density at radius 3 is 2.62 bits per heavy atom. The van der Waals surface area contributed by atoms with E-state index in [1.54, 1.807) is 0 Å². The second-order valence-electron chi connectivity index (χ2n) is 6.17. The molecule has 0 aliphatic heterocycles. The number of rotatable bonds is 7. The van der Waals surface area contributed by atoms with Crippen molar-refractivity contribution in [3.63, 3.8) is 0 Å². The summed E-state index contributed by atoms with van der Waals surface area (Å²) in [6.45, 7) is 2.03. The minimum absolute atomic E-state index is 0.00516. The summed E-state index contributed by atoms with van der Waals surface area (Å²) >= 11 is 6.15. The number of carbonyl (C=O) groups is 1. The molecule has 0 aliphatic carbocycles. The average Bonchev–Trinajstić information content (AvgIpc) is 3.16. The van der Waals surface area contributed by atoms with E-state index in [1.807, 2.05) is 67.7 Å². The number of imidazole rings is 1. The quantitative estimate of drug-likeness (QED) is 0.622. The Balaban J connectivity index is 1.61. The van der Waals surface area contributed by atoms with Crippen molar-refractivity contribution >= 4 is 17.5 Å². The Bertz CT molecular complexity index is 860. The minimum atomic E-state index is -0.133. The average molecular weight is 368 g/mol. The zero-order valence-electron chi connectivity index (χ0n) is 14.7. The van der Waals surface area contributed by atoms with Crippen molar-refractivity contribution in [1.82, 2.24) is 15.3 Å². The number of hydrogen-bond donors (Lipinski definition) is 2. The number of benzene rings is 2. The first kappa shape index (κ1) is 18.2. The van der Waals surface area contributed by atoms with Crippen molar-refractivity contribution in [2.24, 2.45) is 0 Å². The van der Waals surface area contributed by atoms with Crippen LogP contribution in [0.15, 0.2) is 60.8 Å². The Labute approximate surface area is 158 Å². The lowest BCUT2D eigenvalue weighted by atomic mass is 10.1. The van der Waals surface area contributed by atoms with Gasteiger partial charge in [0.25, 0.3) is 0 Å². The van der Waals surface area contributed by atoms with Gasteiger partial charge < -0.3 is 10.3 Å². The molecule has 1 unspecified atom stereocenters. The molecule has 0 radical (unpaired) electrons. The van der Waals surface area contributed by atoms with Gasteiger partial charge in [-0.1, -0.05) is 67.1 Å². The first-order chi connectivity index (χ1) is 12.7. The SMILES string of the molecule is CCC(NC(=O)CCc1ccccc1Cl)c1ncc(-c2ccccc2)[nH]1. The number of H-pyrrole nitrogens is 1. The highest BCUT2D eigenvalue weighted by atomic mass is 35.5. The Morgan fingerprint density at radius 2 is 1.88 bits per heavy atom. The van der Waals surface area contributed by atoms with Crippen LogP contribution >= 0.6 is 11.6 Å². The molecule has 0 spiro atoms. The van der Waals surface area contributed by atoms with Crippen molar-refractivity contribution < 1.29 is 4.79 Å². The topological polar surface area (TPSA) is 57.8 Å². The van der Waals surface area contributed by atoms with E-state index in [1.165, 1.54) is 0 Å². The van der Waals surface area contributed by atoms with Gasteiger partial charge in [-0.3, -0.25) is 4.79 Å². The van der Waals surface area contributed by atoms with E-state index >= 15 is 0 Å². The molecule has 3 rings (SSSR count). The smallest absolute Gasteiger partial charge is 0.220 e. The summed E-state index contributed by atoms with van der Waals surface area (Å²) in [4.78, 5) is 20.1. The molecular weight excluding hydrogens is 346 g/mol. The predicted molar refractivity (Wildman–Crippen MR) is 105 cm³/mol. The molecule has 0 saturated carbocycles. The second-order valence-corrected chi connectivity index (χ2v) is 6.58. The fourth-order valence-corrected chi connectivity index (χ4v) is 3.09. The van der Waals surface area contributed by atoms with Crippen LogP contribution in [0, 0.1) is 0 Å². The van der Waals surface area contributed by atoms with Crippen LogP contribution in [0.4, 0.5) is 0 Å². The van der Waals surface area contributed by atoms with E-state index in [-0.39, 0.29) is 11.9 Å². The van der Waals surface area contributed by atoms with Gasteiger partial charge in [-0.05, 0) is 30.0 Å². The second kappa shape index (κ2) is 8.68. The van der Waals surface area contributed by atoms with E-state index in [9.17, 15) is 4.79 Å². The van der Waals surface area contributed by atoms with Gasteiger partial charge in [-0.15, -0.1) is 0 Å². The summed E-state index contributed by atoms with van der Waals surface area (Å²) in [6, 6.07) is 17.5. The highest BCUT2D eigenvalue weighted by molar-refractivity contribution is 6.31. The lowest BCUT2D eigenvalue weighted by Crippen LogP contribution is -2.29. The molecule has 134 valence electrons. The Kier molecular flexibility index (Phi) is 6.08. The van der Waals surface area contributed by atoms with Gasteiger partial charge in [0.1, 0.15) is 5.82 Å². The molecule has 1 amide bonds. The molecule has 1 aromatic heterocycles. The summed E-state index contributed by atoms with van der Waals surface area (Å²) < 4.78 is 0. The number of halogens is 1. The van der Waals surface area contributed by atoms with E-state index < -0.39 is 0 Å². The van der Waals surface area contributed by atoms with Gasteiger partial charge in [0.2, 0.25) is 5.91 Å². The molecule has 0 saturated heterocycles. The molecule has 2 aromatic carbocycles. The molecule has 4 nitrogen and oxygen atoms in total. The van der Waals surface area contributed by atoms with Crippen LogP contribution in [0.1, 0.15) is 37.2 Å². The summed E-state index contributed by atoms with van der Waals surface area (Å²) in [5, 5.41) is 3.76. The largest absolute Gasteiger partial charge is 0.346 e. The maximum atomic E-state index is 12.4. The standard InChI is InChI=1S/C21H22ClN3O/c1-2-18(21-23-14-19(25-21)16-9-4-3-5-10-16)24-20(26)13-12-15-8-6-7-11-17(15)22/h3-11,14,18H,2,12-13H2,1H3,(H,23,25)(H,24,26). The highest BCUT2D eigenvalue weighted by Crippen LogP contribution is 2.21. The van der Waals surface area contributed by atoms with Gasteiger partial charge in [0, 0.05) is 11.4 Å². The van der Waals surface area contributed by atoms with E-state index in [2.05, 4.69) is 15.3 Å². The van der Waals surface area contributed by atoms with Crippen molar-refractivity contribution in [3.8, 4) is 11.3 Å².